The van der Waals surface area contributed by atoms with E-state index < -0.39 is 23.8 Å². The molecule has 1 amide bonds. The Labute approximate surface area is 134 Å². The Balaban J connectivity index is 2.41. The predicted octanol–water partition coefficient (Wildman–Crippen LogP) is 2.03. The molecule has 0 radical (unpaired) electrons. The monoisotopic (exact) mass is 313 g/mol. The maximum Gasteiger partial charge on any atom is 0.327 e. The van der Waals surface area contributed by atoms with Gasteiger partial charge in [-0.05, 0) is 11.1 Å². The van der Waals surface area contributed by atoms with Crippen molar-refractivity contribution in [3.05, 3.63) is 71.8 Å². The van der Waals surface area contributed by atoms with Crippen LogP contribution in [0.25, 0.3) is 0 Å². The summed E-state index contributed by atoms with van der Waals surface area (Å²) in [5, 5.41) is 12.2. The van der Waals surface area contributed by atoms with Crippen LogP contribution in [0.4, 0.5) is 0 Å². The van der Waals surface area contributed by atoms with Crippen molar-refractivity contribution >= 4 is 11.9 Å². The number of carbonyl (C=O) groups is 2. The molecule has 0 saturated heterocycles. The number of carboxylic acid groups (broad SMARTS) is 1. The summed E-state index contributed by atoms with van der Waals surface area (Å²) >= 11 is 0. The summed E-state index contributed by atoms with van der Waals surface area (Å²) in [6.07, 6.45) is 0. The predicted molar refractivity (Wildman–Crippen MR) is 86.2 cm³/mol. The van der Waals surface area contributed by atoms with Crippen LogP contribution in [-0.4, -0.2) is 36.7 Å². The van der Waals surface area contributed by atoms with Gasteiger partial charge in [-0.25, -0.2) is 4.79 Å². The molecule has 2 rings (SSSR count). The molecule has 0 saturated carbocycles. The van der Waals surface area contributed by atoms with Gasteiger partial charge in [-0.15, -0.1) is 0 Å². The molecule has 2 aromatic rings. The molecule has 2 N–H and O–H groups in total. The van der Waals surface area contributed by atoms with Crippen LogP contribution in [0.1, 0.15) is 17.0 Å². The summed E-state index contributed by atoms with van der Waals surface area (Å²) in [7, 11) is 1.39. The number of benzene rings is 2. The summed E-state index contributed by atoms with van der Waals surface area (Å²) in [5.41, 5.74) is 1.65. The van der Waals surface area contributed by atoms with Crippen molar-refractivity contribution in [2.45, 2.75) is 12.0 Å². The second kappa shape index (κ2) is 8.10. The van der Waals surface area contributed by atoms with Crippen LogP contribution in [0, 0.1) is 0 Å². The maximum atomic E-state index is 11.8. The lowest BCUT2D eigenvalue weighted by Gasteiger charge is -2.26. The van der Waals surface area contributed by atoms with Crippen LogP contribution in [0.5, 0.6) is 0 Å². The van der Waals surface area contributed by atoms with Gasteiger partial charge in [0.2, 0.25) is 5.91 Å². The molecule has 5 nitrogen and oxygen atoms in total. The topological polar surface area (TPSA) is 75.6 Å². The smallest absolute Gasteiger partial charge is 0.327 e. The Morgan fingerprint density at radius 2 is 1.48 bits per heavy atom. The molecule has 120 valence electrons. The third-order valence-corrected chi connectivity index (χ3v) is 3.51. The minimum absolute atomic E-state index is 0.180. The van der Waals surface area contributed by atoms with Crippen LogP contribution in [0.3, 0.4) is 0 Å². The van der Waals surface area contributed by atoms with Crippen LogP contribution in [0.15, 0.2) is 60.7 Å². The van der Waals surface area contributed by atoms with Crippen molar-refractivity contribution in [3.8, 4) is 0 Å². The standard InChI is InChI=1S/C18H19NO4/c1-23-12-15(20)19-17(18(21)22)16(13-8-4-2-5-9-13)14-10-6-3-7-11-14/h2-11,16-17H,12H2,1H3,(H,19,20)(H,21,22)/t17-/m1/s1. The largest absolute Gasteiger partial charge is 0.480 e. The third kappa shape index (κ3) is 4.40. The summed E-state index contributed by atoms with van der Waals surface area (Å²) in [4.78, 5) is 23.6. The fourth-order valence-electron chi connectivity index (χ4n) is 2.53. The van der Waals surface area contributed by atoms with Crippen LogP contribution in [-0.2, 0) is 14.3 Å². The number of hydrogen-bond acceptors (Lipinski definition) is 3. The fraction of sp³-hybridized carbons (Fsp3) is 0.222. The Hall–Kier alpha value is -2.66. The number of methoxy groups -OCH3 is 1. The molecule has 2 aromatic carbocycles. The highest BCUT2D eigenvalue weighted by molar-refractivity contribution is 5.85. The molecule has 23 heavy (non-hydrogen) atoms. The number of amides is 1. The minimum atomic E-state index is -1.09. The van der Waals surface area contributed by atoms with Crippen molar-refractivity contribution < 1.29 is 19.4 Å². The molecule has 1 atom stereocenters. The second-order valence-corrected chi connectivity index (χ2v) is 5.12. The lowest BCUT2D eigenvalue weighted by molar-refractivity contribution is -0.142. The van der Waals surface area contributed by atoms with Crippen molar-refractivity contribution in [1.29, 1.82) is 0 Å². The van der Waals surface area contributed by atoms with Crippen LogP contribution >= 0.6 is 0 Å². The lowest BCUT2D eigenvalue weighted by atomic mass is 9.85. The van der Waals surface area contributed by atoms with E-state index >= 15 is 0 Å². The zero-order valence-corrected chi connectivity index (χ0v) is 12.8. The summed E-state index contributed by atoms with van der Waals surface area (Å²) in [6, 6.07) is 17.5. The van der Waals surface area contributed by atoms with Gasteiger partial charge in [0.05, 0.1) is 0 Å². The van der Waals surface area contributed by atoms with Gasteiger partial charge in [0.25, 0.3) is 0 Å². The molecule has 0 aliphatic rings. The Morgan fingerprint density at radius 1 is 1.00 bits per heavy atom. The van der Waals surface area contributed by atoms with E-state index in [1.165, 1.54) is 7.11 Å². The lowest BCUT2D eigenvalue weighted by Crippen LogP contribution is -2.46. The van der Waals surface area contributed by atoms with Gasteiger partial charge in [-0.1, -0.05) is 60.7 Å². The average Bonchev–Trinajstić information content (AvgIpc) is 2.56. The first-order valence-corrected chi connectivity index (χ1v) is 7.24. The SMILES string of the molecule is COCC(=O)N[C@@H](C(=O)O)C(c1ccccc1)c1ccccc1. The van der Waals surface area contributed by atoms with E-state index in [0.717, 1.165) is 11.1 Å². The maximum absolute atomic E-state index is 11.8. The molecule has 0 fully saturated rings. The molecule has 0 spiro atoms. The van der Waals surface area contributed by atoms with E-state index in [4.69, 9.17) is 4.74 Å². The van der Waals surface area contributed by atoms with Gasteiger partial charge >= 0.3 is 5.97 Å². The van der Waals surface area contributed by atoms with Gasteiger partial charge in [0.15, 0.2) is 0 Å². The zero-order valence-electron chi connectivity index (χ0n) is 12.8. The van der Waals surface area contributed by atoms with Gasteiger partial charge in [0.1, 0.15) is 12.6 Å². The fourth-order valence-corrected chi connectivity index (χ4v) is 2.53. The number of aliphatic carboxylic acids is 1. The number of rotatable bonds is 7. The van der Waals surface area contributed by atoms with E-state index in [2.05, 4.69) is 5.32 Å². The number of carboxylic acids is 1. The van der Waals surface area contributed by atoms with Crippen LogP contribution in [0.2, 0.25) is 0 Å². The van der Waals surface area contributed by atoms with Crippen molar-refractivity contribution in [3.63, 3.8) is 0 Å². The highest BCUT2D eigenvalue weighted by atomic mass is 16.5. The first-order chi connectivity index (χ1) is 11.1. The van der Waals surface area contributed by atoms with Gasteiger partial charge in [0, 0.05) is 13.0 Å². The Bertz CT molecular complexity index is 603. The number of hydrogen-bond donors (Lipinski definition) is 2. The highest BCUT2D eigenvalue weighted by Crippen LogP contribution is 2.28. The third-order valence-electron chi connectivity index (χ3n) is 3.51. The van der Waals surface area contributed by atoms with E-state index in [1.807, 2.05) is 60.7 Å². The van der Waals surface area contributed by atoms with Crippen LogP contribution < -0.4 is 5.32 Å². The molecular formula is C18H19NO4. The van der Waals surface area contributed by atoms with Crippen molar-refractivity contribution in [2.75, 3.05) is 13.7 Å². The number of ether oxygens (including phenoxy) is 1. The molecule has 0 heterocycles. The summed E-state index contributed by atoms with van der Waals surface area (Å²) in [6.45, 7) is -0.180. The van der Waals surface area contributed by atoms with Gasteiger partial charge < -0.3 is 15.2 Å². The molecule has 0 bridgehead atoms. The summed E-state index contributed by atoms with van der Waals surface area (Å²) < 4.78 is 4.77. The van der Waals surface area contributed by atoms with Crippen molar-refractivity contribution in [2.24, 2.45) is 0 Å². The first kappa shape index (κ1) is 16.7. The molecule has 0 aromatic heterocycles. The minimum Gasteiger partial charge on any atom is -0.480 e. The number of nitrogens with one attached hydrogen (secondary N) is 1. The molecule has 0 aliphatic carbocycles. The molecule has 5 heteroatoms. The second-order valence-electron chi connectivity index (χ2n) is 5.12. The van der Waals surface area contributed by atoms with E-state index in [1.54, 1.807) is 0 Å². The quantitative estimate of drug-likeness (QED) is 0.820. The van der Waals surface area contributed by atoms with Gasteiger partial charge in [-0.2, -0.15) is 0 Å². The Morgan fingerprint density at radius 3 is 1.87 bits per heavy atom. The molecular weight excluding hydrogens is 294 g/mol. The van der Waals surface area contributed by atoms with E-state index in [-0.39, 0.29) is 6.61 Å². The summed E-state index contributed by atoms with van der Waals surface area (Å²) in [5.74, 6) is -2.04. The van der Waals surface area contributed by atoms with Crippen molar-refractivity contribution in [1.82, 2.24) is 5.32 Å². The normalized spacial score (nSPS) is 11.9. The number of carbonyl (C=O) groups excluding carboxylic acids is 1. The van der Waals surface area contributed by atoms with E-state index in [9.17, 15) is 14.7 Å². The Kier molecular flexibility index (Phi) is 5.88. The average molecular weight is 313 g/mol. The zero-order chi connectivity index (χ0) is 16.7. The van der Waals surface area contributed by atoms with Gasteiger partial charge in [-0.3, -0.25) is 4.79 Å². The first-order valence-electron chi connectivity index (χ1n) is 7.24. The van der Waals surface area contributed by atoms with E-state index in [0.29, 0.717) is 0 Å². The highest BCUT2D eigenvalue weighted by Gasteiger charge is 2.32. The molecule has 0 unspecified atom stereocenters. The molecule has 0 aliphatic heterocycles.